The number of rotatable bonds is 5. The number of benzene rings is 1. The summed E-state index contributed by atoms with van der Waals surface area (Å²) in [6, 6.07) is 7.71. The number of furan rings is 1. The third-order valence-electron chi connectivity index (χ3n) is 3.35. The lowest BCUT2D eigenvalue weighted by Crippen LogP contribution is -2.35. The smallest absolute Gasteiger partial charge is 0.225 e. The molecule has 0 fully saturated rings. The second kappa shape index (κ2) is 5.89. The van der Waals surface area contributed by atoms with Gasteiger partial charge in [0.1, 0.15) is 5.58 Å². The van der Waals surface area contributed by atoms with Crippen LogP contribution in [0.15, 0.2) is 34.9 Å². The average molecular weight is 261 g/mol. The number of aliphatic hydroxyl groups is 1. The van der Waals surface area contributed by atoms with Crippen LogP contribution in [-0.4, -0.2) is 17.6 Å². The Kier molecular flexibility index (Phi) is 4.22. The Morgan fingerprint density at radius 2 is 2.11 bits per heavy atom. The van der Waals surface area contributed by atoms with Crippen molar-refractivity contribution in [1.29, 1.82) is 0 Å². The van der Waals surface area contributed by atoms with Gasteiger partial charge in [0.05, 0.1) is 18.8 Å². The van der Waals surface area contributed by atoms with Crippen molar-refractivity contribution in [1.82, 2.24) is 5.32 Å². The fourth-order valence-electron chi connectivity index (χ4n) is 2.08. The van der Waals surface area contributed by atoms with E-state index in [0.29, 0.717) is 6.54 Å². The van der Waals surface area contributed by atoms with E-state index in [9.17, 15) is 9.90 Å². The second-order valence-electron chi connectivity index (χ2n) is 5.01. The van der Waals surface area contributed by atoms with Crippen molar-refractivity contribution in [3.05, 3.63) is 36.1 Å². The van der Waals surface area contributed by atoms with E-state index in [1.807, 2.05) is 38.1 Å². The first-order valence-electron chi connectivity index (χ1n) is 6.47. The molecule has 0 aliphatic rings. The van der Waals surface area contributed by atoms with E-state index in [4.69, 9.17) is 4.42 Å². The van der Waals surface area contributed by atoms with E-state index in [-0.39, 0.29) is 24.3 Å². The fourth-order valence-corrected chi connectivity index (χ4v) is 2.08. The van der Waals surface area contributed by atoms with Crippen LogP contribution >= 0.6 is 0 Å². The van der Waals surface area contributed by atoms with E-state index >= 15 is 0 Å². The van der Waals surface area contributed by atoms with Crippen molar-refractivity contribution < 1.29 is 14.3 Å². The third kappa shape index (κ3) is 2.96. The Hall–Kier alpha value is -1.81. The Bertz CT molecular complexity index is 559. The molecule has 1 atom stereocenters. The van der Waals surface area contributed by atoms with E-state index in [2.05, 4.69) is 5.32 Å². The average Bonchev–Trinajstić information content (AvgIpc) is 2.80. The van der Waals surface area contributed by atoms with E-state index in [1.54, 1.807) is 6.26 Å². The molecule has 0 aliphatic carbocycles. The van der Waals surface area contributed by atoms with Crippen LogP contribution in [0.25, 0.3) is 11.0 Å². The molecule has 2 N–H and O–H groups in total. The van der Waals surface area contributed by atoms with Gasteiger partial charge in [-0.1, -0.05) is 32.0 Å². The molecule has 0 radical (unpaired) electrons. The van der Waals surface area contributed by atoms with Gasteiger partial charge in [0.2, 0.25) is 5.91 Å². The zero-order valence-electron chi connectivity index (χ0n) is 11.2. The number of para-hydroxylation sites is 1. The normalized spacial score (nSPS) is 12.8. The molecule has 1 heterocycles. The van der Waals surface area contributed by atoms with Gasteiger partial charge in [0.15, 0.2) is 0 Å². The lowest BCUT2D eigenvalue weighted by atomic mass is 9.96. The van der Waals surface area contributed by atoms with Gasteiger partial charge in [-0.3, -0.25) is 4.79 Å². The highest BCUT2D eigenvalue weighted by atomic mass is 16.3. The minimum absolute atomic E-state index is 0.117. The van der Waals surface area contributed by atoms with Gasteiger partial charge in [-0.15, -0.1) is 0 Å². The van der Waals surface area contributed by atoms with Gasteiger partial charge < -0.3 is 14.8 Å². The highest BCUT2D eigenvalue weighted by Crippen LogP contribution is 2.20. The van der Waals surface area contributed by atoms with Crippen LogP contribution in [0.5, 0.6) is 0 Å². The number of hydrogen-bond acceptors (Lipinski definition) is 3. The summed E-state index contributed by atoms with van der Waals surface area (Å²) in [7, 11) is 0. The number of fused-ring (bicyclic) bond motifs is 1. The molecule has 0 aliphatic heterocycles. The molecule has 2 aromatic rings. The maximum Gasteiger partial charge on any atom is 0.225 e. The highest BCUT2D eigenvalue weighted by molar-refractivity contribution is 5.82. The van der Waals surface area contributed by atoms with Gasteiger partial charge in [-0.2, -0.15) is 0 Å². The number of carbonyl (C=O) groups excluding carboxylic acids is 1. The van der Waals surface area contributed by atoms with Crippen molar-refractivity contribution >= 4 is 16.9 Å². The predicted octanol–water partition coefficient (Wildman–Crippen LogP) is 2.31. The molecule has 19 heavy (non-hydrogen) atoms. The van der Waals surface area contributed by atoms with Gasteiger partial charge in [0.25, 0.3) is 0 Å². The SMILES string of the molecule is CC(C)C(CO)C(=O)NCc1coc2ccccc12. The lowest BCUT2D eigenvalue weighted by Gasteiger charge is -2.17. The molecule has 0 spiro atoms. The molecular weight excluding hydrogens is 242 g/mol. The Morgan fingerprint density at radius 3 is 2.79 bits per heavy atom. The number of aliphatic hydroxyl groups excluding tert-OH is 1. The molecule has 1 aromatic heterocycles. The summed E-state index contributed by atoms with van der Waals surface area (Å²) < 4.78 is 5.41. The van der Waals surface area contributed by atoms with Gasteiger partial charge in [-0.25, -0.2) is 0 Å². The molecule has 2 rings (SSSR count). The van der Waals surface area contributed by atoms with Crippen LogP contribution in [0.2, 0.25) is 0 Å². The molecule has 0 saturated heterocycles. The summed E-state index contributed by atoms with van der Waals surface area (Å²) in [5.74, 6) is -0.368. The number of carbonyl (C=O) groups is 1. The van der Waals surface area contributed by atoms with Gasteiger partial charge in [-0.05, 0) is 12.0 Å². The molecule has 0 saturated carbocycles. The number of hydrogen-bond donors (Lipinski definition) is 2. The lowest BCUT2D eigenvalue weighted by molar-refractivity contribution is -0.127. The van der Waals surface area contributed by atoms with Crippen LogP contribution in [0.1, 0.15) is 19.4 Å². The Morgan fingerprint density at radius 1 is 1.37 bits per heavy atom. The first-order valence-corrected chi connectivity index (χ1v) is 6.47. The van der Waals surface area contributed by atoms with Crippen LogP contribution in [0.3, 0.4) is 0 Å². The fraction of sp³-hybridized carbons (Fsp3) is 0.400. The maximum atomic E-state index is 11.9. The van der Waals surface area contributed by atoms with Crippen LogP contribution in [0.4, 0.5) is 0 Å². The first-order chi connectivity index (χ1) is 9.13. The molecule has 4 nitrogen and oxygen atoms in total. The molecule has 0 bridgehead atoms. The topological polar surface area (TPSA) is 62.5 Å². The minimum atomic E-state index is -0.363. The van der Waals surface area contributed by atoms with Gasteiger partial charge in [0, 0.05) is 17.5 Å². The number of amides is 1. The second-order valence-corrected chi connectivity index (χ2v) is 5.01. The van der Waals surface area contributed by atoms with Crippen molar-refractivity contribution in [3.63, 3.8) is 0 Å². The molecule has 102 valence electrons. The van der Waals surface area contributed by atoms with Gasteiger partial charge >= 0.3 is 0 Å². The Labute approximate surface area is 112 Å². The van der Waals surface area contributed by atoms with Crippen molar-refractivity contribution in [2.75, 3.05) is 6.61 Å². The van der Waals surface area contributed by atoms with Crippen LogP contribution < -0.4 is 5.32 Å². The summed E-state index contributed by atoms with van der Waals surface area (Å²) in [6.07, 6.45) is 1.66. The molecular formula is C15H19NO3. The molecule has 1 aromatic carbocycles. The zero-order chi connectivity index (χ0) is 13.8. The van der Waals surface area contributed by atoms with E-state index < -0.39 is 0 Å². The van der Waals surface area contributed by atoms with Crippen molar-refractivity contribution in [2.24, 2.45) is 11.8 Å². The monoisotopic (exact) mass is 261 g/mol. The van der Waals surface area contributed by atoms with E-state index in [0.717, 1.165) is 16.5 Å². The molecule has 1 amide bonds. The third-order valence-corrected chi connectivity index (χ3v) is 3.35. The quantitative estimate of drug-likeness (QED) is 0.868. The first kappa shape index (κ1) is 13.6. The van der Waals surface area contributed by atoms with Crippen molar-refractivity contribution in [2.45, 2.75) is 20.4 Å². The Balaban J connectivity index is 2.04. The maximum absolute atomic E-state index is 11.9. The summed E-state index contributed by atoms with van der Waals surface area (Å²) >= 11 is 0. The molecule has 4 heteroatoms. The number of nitrogens with one attached hydrogen (secondary N) is 1. The predicted molar refractivity (Wildman–Crippen MR) is 73.5 cm³/mol. The van der Waals surface area contributed by atoms with Crippen LogP contribution in [-0.2, 0) is 11.3 Å². The largest absolute Gasteiger partial charge is 0.464 e. The van der Waals surface area contributed by atoms with Crippen molar-refractivity contribution in [3.8, 4) is 0 Å². The molecule has 1 unspecified atom stereocenters. The summed E-state index contributed by atoms with van der Waals surface area (Å²) in [6.45, 7) is 4.14. The summed E-state index contributed by atoms with van der Waals surface area (Å²) in [5.41, 5.74) is 1.76. The zero-order valence-corrected chi connectivity index (χ0v) is 11.2. The summed E-state index contributed by atoms with van der Waals surface area (Å²) in [5, 5.41) is 13.1. The standard InChI is InChI=1S/C15H19NO3/c1-10(2)13(8-17)15(18)16-7-11-9-19-14-6-4-3-5-12(11)14/h3-6,9-10,13,17H,7-8H2,1-2H3,(H,16,18). The van der Waals surface area contributed by atoms with Crippen LogP contribution in [0, 0.1) is 11.8 Å². The summed E-state index contributed by atoms with van der Waals surface area (Å²) in [4.78, 5) is 11.9. The minimum Gasteiger partial charge on any atom is -0.464 e. The van der Waals surface area contributed by atoms with E-state index in [1.165, 1.54) is 0 Å². The highest BCUT2D eigenvalue weighted by Gasteiger charge is 2.21.